The van der Waals surface area contributed by atoms with Gasteiger partial charge in [0.05, 0.1) is 6.61 Å². The van der Waals surface area contributed by atoms with Crippen molar-refractivity contribution in [2.24, 2.45) is 0 Å². The first-order valence-electron chi connectivity index (χ1n) is 11.1. The summed E-state index contributed by atoms with van der Waals surface area (Å²) in [5.41, 5.74) is 6.49. The van der Waals surface area contributed by atoms with Gasteiger partial charge in [0, 0.05) is 5.56 Å². The number of unbranched alkanes of at least 4 members (excludes halogenated alkanes) is 3. The Morgan fingerprint density at radius 2 is 1.71 bits per heavy atom. The van der Waals surface area contributed by atoms with Crippen LogP contribution in [0.1, 0.15) is 110 Å². The molecule has 0 N–H and O–H groups in total. The highest BCUT2D eigenvalue weighted by atomic mass is 16.5. The zero-order valence-corrected chi connectivity index (χ0v) is 19.6. The summed E-state index contributed by atoms with van der Waals surface area (Å²) >= 11 is 0. The lowest BCUT2D eigenvalue weighted by molar-refractivity contribution is 0.300. The second-order valence-electron chi connectivity index (χ2n) is 8.45. The van der Waals surface area contributed by atoms with E-state index in [0.29, 0.717) is 11.8 Å². The van der Waals surface area contributed by atoms with Crippen LogP contribution in [0.3, 0.4) is 0 Å². The van der Waals surface area contributed by atoms with Crippen LogP contribution in [-0.4, -0.2) is 6.61 Å². The third kappa shape index (κ3) is 7.70. The highest BCUT2D eigenvalue weighted by molar-refractivity contribution is 5.73. The summed E-state index contributed by atoms with van der Waals surface area (Å²) in [4.78, 5) is 0. The topological polar surface area (TPSA) is 9.23 Å². The van der Waals surface area contributed by atoms with E-state index in [0.717, 1.165) is 18.8 Å². The second-order valence-corrected chi connectivity index (χ2v) is 8.45. The van der Waals surface area contributed by atoms with Gasteiger partial charge in [-0.1, -0.05) is 89.8 Å². The molecule has 0 heterocycles. The van der Waals surface area contributed by atoms with Gasteiger partial charge in [-0.15, -0.1) is 0 Å². The zero-order chi connectivity index (χ0) is 21.1. The summed E-state index contributed by atoms with van der Waals surface area (Å²) in [6.45, 7) is 18.5. The highest BCUT2D eigenvalue weighted by Crippen LogP contribution is 2.37. The minimum Gasteiger partial charge on any atom is -0.493 e. The molecule has 0 aliphatic heterocycles. The van der Waals surface area contributed by atoms with Gasteiger partial charge < -0.3 is 4.74 Å². The Labute approximate surface area is 174 Å². The molecule has 0 spiro atoms. The smallest absolute Gasteiger partial charge is 0.130 e. The van der Waals surface area contributed by atoms with Crippen molar-refractivity contribution in [1.82, 2.24) is 0 Å². The third-order valence-electron chi connectivity index (χ3n) is 5.26. The fraction of sp³-hybridized carbons (Fsp3) is 0.556. The molecule has 1 rings (SSSR count). The van der Waals surface area contributed by atoms with Gasteiger partial charge in [0.2, 0.25) is 0 Å². The van der Waals surface area contributed by atoms with Crippen LogP contribution >= 0.6 is 0 Å². The first-order chi connectivity index (χ1) is 13.3. The van der Waals surface area contributed by atoms with Gasteiger partial charge in [0.1, 0.15) is 5.75 Å². The second kappa shape index (κ2) is 12.6. The Hall–Kier alpha value is -1.76. The van der Waals surface area contributed by atoms with E-state index < -0.39 is 0 Å². The number of ether oxygens (including phenoxy) is 1. The van der Waals surface area contributed by atoms with Crippen molar-refractivity contribution < 1.29 is 4.74 Å². The lowest BCUT2D eigenvalue weighted by Gasteiger charge is -2.21. The largest absolute Gasteiger partial charge is 0.493 e. The van der Waals surface area contributed by atoms with E-state index in [2.05, 4.69) is 91.8 Å². The van der Waals surface area contributed by atoms with Crippen LogP contribution in [0.4, 0.5) is 0 Å². The van der Waals surface area contributed by atoms with Crippen LogP contribution in [0.2, 0.25) is 0 Å². The van der Waals surface area contributed by atoms with Crippen LogP contribution in [0.5, 0.6) is 5.75 Å². The van der Waals surface area contributed by atoms with Gasteiger partial charge in [-0.3, -0.25) is 0 Å². The predicted molar refractivity (Wildman–Crippen MR) is 126 cm³/mol. The Morgan fingerprint density at radius 3 is 2.29 bits per heavy atom. The van der Waals surface area contributed by atoms with E-state index in [1.807, 2.05) is 0 Å². The average molecular weight is 383 g/mol. The molecule has 0 saturated heterocycles. The van der Waals surface area contributed by atoms with Crippen LogP contribution in [0.25, 0.3) is 5.57 Å². The summed E-state index contributed by atoms with van der Waals surface area (Å²) in [5.74, 6) is 2.03. The van der Waals surface area contributed by atoms with Crippen LogP contribution in [0.15, 0.2) is 42.0 Å². The van der Waals surface area contributed by atoms with Crippen molar-refractivity contribution in [2.75, 3.05) is 6.61 Å². The van der Waals surface area contributed by atoms with Crippen molar-refractivity contribution in [3.63, 3.8) is 0 Å². The van der Waals surface area contributed by atoms with Gasteiger partial charge in [0.15, 0.2) is 0 Å². The fourth-order valence-corrected chi connectivity index (χ4v) is 3.12. The predicted octanol–water partition coefficient (Wildman–Crippen LogP) is 8.82. The number of allylic oxidation sites excluding steroid dienone is 6. The summed E-state index contributed by atoms with van der Waals surface area (Å²) < 4.78 is 6.40. The van der Waals surface area contributed by atoms with E-state index in [-0.39, 0.29) is 0 Å². The summed E-state index contributed by atoms with van der Waals surface area (Å²) in [6, 6.07) is 4.69. The minimum absolute atomic E-state index is 0.441. The molecule has 28 heavy (non-hydrogen) atoms. The Morgan fingerprint density at radius 1 is 1.00 bits per heavy atom. The molecule has 0 amide bonds. The monoisotopic (exact) mass is 382 g/mol. The van der Waals surface area contributed by atoms with E-state index in [1.165, 1.54) is 47.1 Å². The molecule has 0 bridgehead atoms. The molecule has 1 heteroatoms. The maximum atomic E-state index is 6.40. The molecule has 0 aromatic heterocycles. The van der Waals surface area contributed by atoms with Gasteiger partial charge >= 0.3 is 0 Å². The first kappa shape index (κ1) is 24.3. The molecule has 156 valence electrons. The normalized spacial score (nSPS) is 13.2. The molecule has 0 atom stereocenters. The maximum Gasteiger partial charge on any atom is 0.130 e. The van der Waals surface area contributed by atoms with Crippen LogP contribution < -0.4 is 4.74 Å². The van der Waals surface area contributed by atoms with E-state index in [1.54, 1.807) is 0 Å². The van der Waals surface area contributed by atoms with Gasteiger partial charge in [-0.2, -0.15) is 0 Å². The molecule has 0 radical (unpaired) electrons. The average Bonchev–Trinajstić information content (AvgIpc) is 2.66. The summed E-state index contributed by atoms with van der Waals surface area (Å²) in [7, 11) is 0. The molecule has 0 aliphatic carbocycles. The molecular weight excluding hydrogens is 340 g/mol. The van der Waals surface area contributed by atoms with Crippen LogP contribution in [-0.2, 0) is 0 Å². The maximum absolute atomic E-state index is 6.40. The Balaban J connectivity index is 3.31. The Bertz CT molecular complexity index is 686. The fourth-order valence-electron chi connectivity index (χ4n) is 3.12. The number of benzene rings is 1. The molecule has 1 nitrogen and oxygen atoms in total. The Kier molecular flexibility index (Phi) is 11.0. The van der Waals surface area contributed by atoms with E-state index >= 15 is 0 Å². The molecule has 0 fully saturated rings. The zero-order valence-electron chi connectivity index (χ0n) is 19.6. The van der Waals surface area contributed by atoms with Gasteiger partial charge in [0.25, 0.3) is 0 Å². The van der Waals surface area contributed by atoms with Crippen molar-refractivity contribution in [3.8, 4) is 5.75 Å². The third-order valence-corrected chi connectivity index (χ3v) is 5.26. The first-order valence-corrected chi connectivity index (χ1v) is 11.1. The molecule has 1 aromatic rings. The summed E-state index contributed by atoms with van der Waals surface area (Å²) in [5, 5.41) is 0. The molecule has 0 saturated carbocycles. The summed E-state index contributed by atoms with van der Waals surface area (Å²) in [6.07, 6.45) is 13.5. The van der Waals surface area contributed by atoms with Gasteiger partial charge in [-0.25, -0.2) is 0 Å². The quantitative estimate of drug-likeness (QED) is 0.274. The van der Waals surface area contributed by atoms with Crippen molar-refractivity contribution in [1.29, 1.82) is 0 Å². The molecule has 0 unspecified atom stereocenters. The standard InChI is InChI=1S/C27H42O/c1-9-11-12-13-17-28-27-25(21(5)6)18-24(20(3)4)19-26(27)23(8)16-14-15-22(7)10-2/h10,14-16,18-21H,9,11-13,17H2,1-8H3/b15-14+,22-10+,23-16-. The molecular formula is C27H42O. The number of rotatable bonds is 11. The number of hydrogen-bond donors (Lipinski definition) is 0. The van der Waals surface area contributed by atoms with Crippen molar-refractivity contribution in [2.45, 2.75) is 92.9 Å². The van der Waals surface area contributed by atoms with E-state index in [4.69, 9.17) is 4.74 Å². The van der Waals surface area contributed by atoms with E-state index in [9.17, 15) is 0 Å². The minimum atomic E-state index is 0.441. The SMILES string of the molecule is C/C=C(C)/C=C/C=C(/C)c1cc(C(C)C)cc(C(C)C)c1OCCCCCC. The van der Waals surface area contributed by atoms with Crippen molar-refractivity contribution >= 4 is 5.57 Å². The van der Waals surface area contributed by atoms with Crippen LogP contribution in [0, 0.1) is 0 Å². The van der Waals surface area contributed by atoms with Gasteiger partial charge in [-0.05, 0) is 61.8 Å². The lowest BCUT2D eigenvalue weighted by atomic mass is 9.89. The molecule has 1 aromatic carbocycles. The van der Waals surface area contributed by atoms with Crippen molar-refractivity contribution in [3.05, 3.63) is 58.7 Å². The molecule has 0 aliphatic rings. The lowest BCUT2D eigenvalue weighted by Crippen LogP contribution is -2.06. The highest BCUT2D eigenvalue weighted by Gasteiger charge is 2.17. The number of hydrogen-bond acceptors (Lipinski definition) is 1.